The summed E-state index contributed by atoms with van der Waals surface area (Å²) in [4.78, 5) is 13.4. The molecule has 0 radical (unpaired) electrons. The number of carbonyl (C=O) groups excluding carboxylic acids is 1. The average molecular weight is 430 g/mol. The fourth-order valence-corrected chi connectivity index (χ4v) is 4.14. The van der Waals surface area contributed by atoms with Crippen molar-refractivity contribution in [2.75, 3.05) is 0 Å². The molecule has 28 heavy (non-hydrogen) atoms. The smallest absolute Gasteiger partial charge is 0.262 e. The summed E-state index contributed by atoms with van der Waals surface area (Å²) in [6.45, 7) is 4.27. The van der Waals surface area contributed by atoms with Crippen LogP contribution in [-0.4, -0.2) is 10.5 Å². The van der Waals surface area contributed by atoms with E-state index in [0.717, 1.165) is 27.5 Å². The summed E-state index contributed by atoms with van der Waals surface area (Å²) in [5, 5.41) is 15.3. The average Bonchev–Trinajstić information content (AvgIpc) is 3.24. The van der Waals surface area contributed by atoms with E-state index in [0.29, 0.717) is 16.6 Å². The van der Waals surface area contributed by atoms with Gasteiger partial charge in [-0.2, -0.15) is 5.26 Å². The molecule has 2 aromatic heterocycles. The van der Waals surface area contributed by atoms with Crippen molar-refractivity contribution >= 4 is 46.5 Å². The highest BCUT2D eigenvalue weighted by Crippen LogP contribution is 2.27. The first-order valence-corrected chi connectivity index (χ1v) is 10.1. The Morgan fingerprint density at radius 2 is 1.96 bits per heavy atom. The van der Waals surface area contributed by atoms with Crippen molar-refractivity contribution in [3.05, 3.63) is 79.2 Å². The van der Waals surface area contributed by atoms with E-state index in [2.05, 4.69) is 5.32 Å². The lowest BCUT2D eigenvalue weighted by Crippen LogP contribution is -2.23. The number of aromatic nitrogens is 1. The third kappa shape index (κ3) is 4.48. The molecule has 0 unspecified atom stereocenters. The number of halogens is 2. The molecule has 2 heterocycles. The second kappa shape index (κ2) is 8.66. The molecule has 3 aromatic rings. The van der Waals surface area contributed by atoms with Crippen LogP contribution in [0.3, 0.4) is 0 Å². The number of thiophene rings is 1. The summed E-state index contributed by atoms with van der Waals surface area (Å²) in [6, 6.07) is 13.1. The van der Waals surface area contributed by atoms with Gasteiger partial charge >= 0.3 is 0 Å². The Labute approximate surface area is 177 Å². The van der Waals surface area contributed by atoms with E-state index in [-0.39, 0.29) is 5.57 Å². The van der Waals surface area contributed by atoms with E-state index in [1.165, 1.54) is 0 Å². The summed E-state index contributed by atoms with van der Waals surface area (Å²) in [5.41, 5.74) is 3.50. The van der Waals surface area contributed by atoms with Gasteiger partial charge in [0.25, 0.3) is 5.91 Å². The highest BCUT2D eigenvalue weighted by molar-refractivity contribution is 7.09. The lowest BCUT2D eigenvalue weighted by molar-refractivity contribution is -0.117. The Hall–Kier alpha value is -2.52. The lowest BCUT2D eigenvalue weighted by Gasteiger charge is -2.11. The molecule has 142 valence electrons. The number of nitrogens with zero attached hydrogens (tertiary/aromatic N) is 2. The minimum atomic E-state index is -0.397. The highest BCUT2D eigenvalue weighted by atomic mass is 35.5. The summed E-state index contributed by atoms with van der Waals surface area (Å²) in [6.07, 6.45) is 1.61. The van der Waals surface area contributed by atoms with Crippen LogP contribution in [0.2, 0.25) is 10.0 Å². The number of amides is 1. The number of hydrogen-bond acceptors (Lipinski definition) is 3. The Balaban J connectivity index is 1.90. The summed E-state index contributed by atoms with van der Waals surface area (Å²) in [7, 11) is 0. The summed E-state index contributed by atoms with van der Waals surface area (Å²) < 4.78 is 1.99. The van der Waals surface area contributed by atoms with Crippen LogP contribution < -0.4 is 5.32 Å². The van der Waals surface area contributed by atoms with E-state index in [4.69, 9.17) is 23.2 Å². The second-order valence-electron chi connectivity index (χ2n) is 6.22. The SMILES string of the molecule is Cc1cc(C=C(C#N)C(=O)NCc2cccs2)c(C)n1-c1cc(Cl)cc(Cl)c1. The third-order valence-electron chi connectivity index (χ3n) is 4.24. The van der Waals surface area contributed by atoms with Crippen molar-refractivity contribution < 1.29 is 4.79 Å². The molecule has 0 aliphatic carbocycles. The standard InChI is InChI=1S/C21H17Cl2N3OS/c1-13-6-15(14(2)26(13)19-9-17(22)8-18(23)10-19)7-16(11-24)21(27)25-12-20-4-3-5-28-20/h3-10H,12H2,1-2H3,(H,25,27). The van der Waals surface area contributed by atoms with Gasteiger partial charge in [-0.15, -0.1) is 11.3 Å². The molecule has 0 spiro atoms. The first-order valence-electron chi connectivity index (χ1n) is 8.47. The van der Waals surface area contributed by atoms with Gasteiger partial charge in [0.2, 0.25) is 0 Å². The second-order valence-corrected chi connectivity index (χ2v) is 8.13. The molecule has 0 aliphatic heterocycles. The molecular formula is C21H17Cl2N3OS. The number of carbonyl (C=O) groups is 1. The largest absolute Gasteiger partial charge is 0.347 e. The lowest BCUT2D eigenvalue weighted by atomic mass is 10.1. The van der Waals surface area contributed by atoms with E-state index in [9.17, 15) is 10.1 Å². The number of nitriles is 1. The van der Waals surface area contributed by atoms with Gasteiger partial charge < -0.3 is 9.88 Å². The topological polar surface area (TPSA) is 57.8 Å². The first kappa shape index (κ1) is 20.2. The normalized spacial score (nSPS) is 11.3. The molecule has 1 aromatic carbocycles. The molecule has 0 saturated carbocycles. The number of aryl methyl sites for hydroxylation is 1. The van der Waals surface area contributed by atoms with E-state index < -0.39 is 5.91 Å². The van der Waals surface area contributed by atoms with Crippen molar-refractivity contribution in [2.45, 2.75) is 20.4 Å². The predicted molar refractivity (Wildman–Crippen MR) is 115 cm³/mol. The van der Waals surface area contributed by atoms with Crippen molar-refractivity contribution in [2.24, 2.45) is 0 Å². The minimum Gasteiger partial charge on any atom is -0.347 e. The summed E-state index contributed by atoms with van der Waals surface area (Å²) in [5.74, 6) is -0.397. The van der Waals surface area contributed by atoms with Crippen LogP contribution in [0.4, 0.5) is 0 Å². The highest BCUT2D eigenvalue weighted by Gasteiger charge is 2.14. The van der Waals surface area contributed by atoms with Gasteiger partial charge in [0.05, 0.1) is 6.54 Å². The zero-order valence-corrected chi connectivity index (χ0v) is 17.6. The maximum atomic E-state index is 12.4. The van der Waals surface area contributed by atoms with Crippen LogP contribution >= 0.6 is 34.5 Å². The van der Waals surface area contributed by atoms with Crippen LogP contribution in [0.15, 0.2) is 47.4 Å². The molecule has 0 saturated heterocycles. The molecule has 0 fully saturated rings. The van der Waals surface area contributed by atoms with E-state index in [1.807, 2.05) is 60.2 Å². The molecule has 1 amide bonds. The first-order chi connectivity index (χ1) is 13.4. The van der Waals surface area contributed by atoms with Crippen LogP contribution in [0.25, 0.3) is 11.8 Å². The minimum absolute atomic E-state index is 0.0564. The molecule has 1 N–H and O–H groups in total. The van der Waals surface area contributed by atoms with Crippen molar-refractivity contribution in [1.82, 2.24) is 9.88 Å². The van der Waals surface area contributed by atoms with Crippen LogP contribution in [0, 0.1) is 25.2 Å². The van der Waals surface area contributed by atoms with Crippen LogP contribution in [-0.2, 0) is 11.3 Å². The van der Waals surface area contributed by atoms with Gasteiger partial charge in [0, 0.05) is 32.0 Å². The Morgan fingerprint density at radius 1 is 1.25 bits per heavy atom. The van der Waals surface area contributed by atoms with E-state index in [1.54, 1.807) is 23.5 Å². The van der Waals surface area contributed by atoms with Crippen molar-refractivity contribution in [3.8, 4) is 11.8 Å². The van der Waals surface area contributed by atoms with Crippen molar-refractivity contribution in [3.63, 3.8) is 0 Å². The van der Waals surface area contributed by atoms with Gasteiger partial charge in [-0.3, -0.25) is 4.79 Å². The fourth-order valence-electron chi connectivity index (χ4n) is 2.98. The molecule has 4 nitrogen and oxygen atoms in total. The predicted octanol–water partition coefficient (Wildman–Crippen LogP) is 5.69. The van der Waals surface area contributed by atoms with Crippen molar-refractivity contribution in [1.29, 1.82) is 5.26 Å². The fraction of sp³-hybridized carbons (Fsp3) is 0.143. The Bertz CT molecular complexity index is 1070. The molecular weight excluding hydrogens is 413 g/mol. The quantitative estimate of drug-likeness (QED) is 0.418. The molecule has 0 aliphatic rings. The van der Waals surface area contributed by atoms with Gasteiger partial charge in [-0.25, -0.2) is 0 Å². The number of nitrogens with one attached hydrogen (secondary N) is 1. The number of benzene rings is 1. The molecule has 0 atom stereocenters. The van der Waals surface area contributed by atoms with Gasteiger partial charge in [-0.05, 0) is 61.2 Å². The molecule has 3 rings (SSSR count). The van der Waals surface area contributed by atoms with Crippen LogP contribution in [0.1, 0.15) is 21.8 Å². The zero-order valence-electron chi connectivity index (χ0n) is 15.3. The Kier molecular flexibility index (Phi) is 6.25. The van der Waals surface area contributed by atoms with Gasteiger partial charge in [0.15, 0.2) is 0 Å². The summed E-state index contributed by atoms with van der Waals surface area (Å²) >= 11 is 13.8. The van der Waals surface area contributed by atoms with Crippen LogP contribution in [0.5, 0.6) is 0 Å². The maximum absolute atomic E-state index is 12.4. The van der Waals surface area contributed by atoms with Gasteiger partial charge in [-0.1, -0.05) is 29.3 Å². The number of rotatable bonds is 5. The zero-order chi connectivity index (χ0) is 20.3. The molecule has 0 bridgehead atoms. The number of hydrogen-bond donors (Lipinski definition) is 1. The monoisotopic (exact) mass is 429 g/mol. The third-order valence-corrected chi connectivity index (χ3v) is 5.56. The Morgan fingerprint density at radius 3 is 2.57 bits per heavy atom. The molecule has 7 heteroatoms. The van der Waals surface area contributed by atoms with E-state index >= 15 is 0 Å². The van der Waals surface area contributed by atoms with Gasteiger partial charge in [0.1, 0.15) is 11.6 Å². The maximum Gasteiger partial charge on any atom is 0.262 e.